The zero-order valence-corrected chi connectivity index (χ0v) is 18.6. The van der Waals surface area contributed by atoms with E-state index >= 15 is 0 Å². The summed E-state index contributed by atoms with van der Waals surface area (Å²) in [5.74, 6) is 1.64. The minimum atomic E-state index is 0. The molecule has 7 heteroatoms. The predicted molar refractivity (Wildman–Crippen MR) is 130 cm³/mol. The first kappa shape index (κ1) is 20.9. The second-order valence-electron chi connectivity index (χ2n) is 6.57. The number of guanidine groups is 1. The quantitative estimate of drug-likeness (QED) is 0.183. The maximum absolute atomic E-state index is 4.45. The van der Waals surface area contributed by atoms with Gasteiger partial charge >= 0.3 is 0 Å². The van der Waals surface area contributed by atoms with Gasteiger partial charge in [0.25, 0.3) is 0 Å². The average molecular weight is 500 g/mol. The highest BCUT2D eigenvalue weighted by Gasteiger charge is 2.06. The summed E-state index contributed by atoms with van der Waals surface area (Å²) in [6.07, 6.45) is 4.86. The van der Waals surface area contributed by atoms with Gasteiger partial charge in [0.15, 0.2) is 5.96 Å². The lowest BCUT2D eigenvalue weighted by atomic mass is 10.1. The number of para-hydroxylation sites is 1. The zero-order chi connectivity index (χ0) is 19.2. The minimum absolute atomic E-state index is 0. The van der Waals surface area contributed by atoms with Gasteiger partial charge in [-0.2, -0.15) is 0 Å². The Kier molecular flexibility index (Phi) is 7.29. The van der Waals surface area contributed by atoms with Gasteiger partial charge in [-0.15, -0.1) is 24.0 Å². The van der Waals surface area contributed by atoms with E-state index in [1.165, 1.54) is 16.5 Å². The SMILES string of the molecule is CN=C(NCCc1c[nH]c2ccccc12)NCc1ncc(-c2ccccc2)[nH]1.I. The smallest absolute Gasteiger partial charge is 0.191 e. The fraction of sp³-hybridized carbons (Fsp3) is 0.182. The fourth-order valence-electron chi connectivity index (χ4n) is 3.26. The Morgan fingerprint density at radius 2 is 1.83 bits per heavy atom. The van der Waals surface area contributed by atoms with Crippen LogP contribution < -0.4 is 10.6 Å². The van der Waals surface area contributed by atoms with Crippen LogP contribution in [0.4, 0.5) is 0 Å². The predicted octanol–water partition coefficient (Wildman–Crippen LogP) is 4.08. The van der Waals surface area contributed by atoms with E-state index in [0.717, 1.165) is 36.0 Å². The average Bonchev–Trinajstić information content (AvgIpc) is 3.39. The van der Waals surface area contributed by atoms with Crippen molar-refractivity contribution in [3.63, 3.8) is 0 Å². The largest absolute Gasteiger partial charge is 0.361 e. The number of H-pyrrole nitrogens is 2. The lowest BCUT2D eigenvalue weighted by molar-refractivity contribution is 0.775. The number of imidazole rings is 1. The van der Waals surface area contributed by atoms with Crippen LogP contribution in [0.5, 0.6) is 0 Å². The van der Waals surface area contributed by atoms with E-state index in [1.807, 2.05) is 30.5 Å². The highest BCUT2D eigenvalue weighted by molar-refractivity contribution is 14.0. The molecule has 0 aliphatic rings. The second kappa shape index (κ2) is 10.1. The van der Waals surface area contributed by atoms with Crippen molar-refractivity contribution in [2.45, 2.75) is 13.0 Å². The molecule has 150 valence electrons. The molecule has 0 saturated heterocycles. The van der Waals surface area contributed by atoms with E-state index in [4.69, 9.17) is 0 Å². The Labute approximate surface area is 187 Å². The van der Waals surface area contributed by atoms with Crippen LogP contribution in [-0.2, 0) is 13.0 Å². The zero-order valence-electron chi connectivity index (χ0n) is 16.3. The van der Waals surface area contributed by atoms with Gasteiger partial charge in [0.2, 0.25) is 0 Å². The summed E-state index contributed by atoms with van der Waals surface area (Å²) in [7, 11) is 1.78. The number of halogens is 1. The van der Waals surface area contributed by atoms with Crippen molar-refractivity contribution in [1.82, 2.24) is 25.6 Å². The summed E-state index contributed by atoms with van der Waals surface area (Å²) in [5, 5.41) is 7.94. The third-order valence-electron chi connectivity index (χ3n) is 4.72. The molecule has 0 radical (unpaired) electrons. The summed E-state index contributed by atoms with van der Waals surface area (Å²) in [4.78, 5) is 15.4. The van der Waals surface area contributed by atoms with E-state index in [0.29, 0.717) is 6.54 Å². The number of aromatic amines is 2. The highest BCUT2D eigenvalue weighted by atomic mass is 127. The topological polar surface area (TPSA) is 80.9 Å². The van der Waals surface area contributed by atoms with Crippen LogP contribution in [0.2, 0.25) is 0 Å². The maximum Gasteiger partial charge on any atom is 0.191 e. The molecule has 0 unspecified atom stereocenters. The van der Waals surface area contributed by atoms with Crippen molar-refractivity contribution in [2.24, 2.45) is 4.99 Å². The van der Waals surface area contributed by atoms with Gasteiger partial charge < -0.3 is 20.6 Å². The Morgan fingerprint density at radius 1 is 1.03 bits per heavy atom. The highest BCUT2D eigenvalue weighted by Crippen LogP contribution is 2.18. The number of nitrogens with zero attached hydrogens (tertiary/aromatic N) is 2. The number of aromatic nitrogens is 3. The summed E-state index contributed by atoms with van der Waals surface area (Å²) in [6, 6.07) is 18.5. The normalized spacial score (nSPS) is 11.3. The summed E-state index contributed by atoms with van der Waals surface area (Å²) < 4.78 is 0. The third-order valence-corrected chi connectivity index (χ3v) is 4.72. The van der Waals surface area contributed by atoms with Crippen LogP contribution in [0.25, 0.3) is 22.2 Å². The molecule has 0 aliphatic carbocycles. The van der Waals surface area contributed by atoms with E-state index in [1.54, 1.807) is 7.05 Å². The molecule has 0 aliphatic heterocycles. The lowest BCUT2D eigenvalue weighted by Gasteiger charge is -2.10. The van der Waals surface area contributed by atoms with Crippen molar-refractivity contribution in [1.29, 1.82) is 0 Å². The van der Waals surface area contributed by atoms with Crippen LogP contribution >= 0.6 is 24.0 Å². The van der Waals surface area contributed by atoms with Crippen LogP contribution in [0.15, 0.2) is 72.0 Å². The Hall–Kier alpha value is -2.81. The molecule has 6 nitrogen and oxygen atoms in total. The van der Waals surface area contributed by atoms with Gasteiger partial charge in [0, 0.05) is 30.7 Å². The summed E-state index contributed by atoms with van der Waals surface area (Å²) in [5.41, 5.74) is 4.62. The van der Waals surface area contributed by atoms with Gasteiger partial charge in [-0.1, -0.05) is 48.5 Å². The molecule has 0 saturated carbocycles. The lowest BCUT2D eigenvalue weighted by Crippen LogP contribution is -2.38. The molecule has 0 amide bonds. The molecular formula is C22H25IN6. The van der Waals surface area contributed by atoms with Crippen molar-refractivity contribution >= 4 is 40.8 Å². The number of rotatable bonds is 6. The van der Waals surface area contributed by atoms with Crippen molar-refractivity contribution < 1.29 is 0 Å². The Bertz CT molecular complexity index is 1070. The van der Waals surface area contributed by atoms with E-state index < -0.39 is 0 Å². The van der Waals surface area contributed by atoms with Gasteiger partial charge in [-0.25, -0.2) is 4.98 Å². The van der Waals surface area contributed by atoms with Gasteiger partial charge in [-0.3, -0.25) is 4.99 Å². The fourth-order valence-corrected chi connectivity index (χ4v) is 3.26. The van der Waals surface area contributed by atoms with Gasteiger partial charge in [-0.05, 0) is 23.6 Å². The van der Waals surface area contributed by atoms with Gasteiger partial charge in [0.1, 0.15) is 5.82 Å². The number of nitrogens with one attached hydrogen (secondary N) is 4. The van der Waals surface area contributed by atoms with Crippen molar-refractivity contribution in [3.05, 3.63) is 78.4 Å². The molecule has 4 N–H and O–H groups in total. The van der Waals surface area contributed by atoms with Crippen LogP contribution in [-0.4, -0.2) is 34.5 Å². The monoisotopic (exact) mass is 500 g/mol. The van der Waals surface area contributed by atoms with Crippen LogP contribution in [0.3, 0.4) is 0 Å². The first-order chi connectivity index (χ1) is 13.8. The first-order valence-corrected chi connectivity index (χ1v) is 9.42. The minimum Gasteiger partial charge on any atom is -0.361 e. The third kappa shape index (κ3) is 5.17. The van der Waals surface area contributed by atoms with E-state index in [9.17, 15) is 0 Å². The number of hydrogen-bond donors (Lipinski definition) is 4. The van der Waals surface area contributed by atoms with Crippen molar-refractivity contribution in [2.75, 3.05) is 13.6 Å². The Morgan fingerprint density at radius 3 is 2.66 bits per heavy atom. The van der Waals surface area contributed by atoms with Gasteiger partial charge in [0.05, 0.1) is 18.4 Å². The number of benzene rings is 2. The number of hydrogen-bond acceptors (Lipinski definition) is 2. The molecule has 2 aromatic heterocycles. The van der Waals surface area contributed by atoms with E-state index in [2.05, 4.69) is 67.1 Å². The standard InChI is InChI=1S/C22H24N6.HI/c1-23-22(24-12-11-17-13-25-19-10-6-5-9-18(17)19)27-15-21-26-14-20(28-21)16-7-3-2-4-8-16;/h2-10,13-14,25H,11-12,15H2,1H3,(H,26,28)(H2,23,24,27);1H. The number of fused-ring (bicyclic) bond motifs is 1. The summed E-state index contributed by atoms with van der Waals surface area (Å²) >= 11 is 0. The van der Waals surface area contributed by atoms with E-state index in [-0.39, 0.29) is 24.0 Å². The molecular weight excluding hydrogens is 475 g/mol. The molecule has 4 rings (SSSR count). The second-order valence-corrected chi connectivity index (χ2v) is 6.57. The molecule has 29 heavy (non-hydrogen) atoms. The maximum atomic E-state index is 4.45. The van der Waals surface area contributed by atoms with Crippen LogP contribution in [0.1, 0.15) is 11.4 Å². The van der Waals surface area contributed by atoms with Crippen LogP contribution in [0, 0.1) is 0 Å². The molecule has 0 fully saturated rings. The first-order valence-electron chi connectivity index (χ1n) is 9.42. The molecule has 0 bridgehead atoms. The molecule has 4 aromatic rings. The molecule has 2 aromatic carbocycles. The molecule has 0 atom stereocenters. The number of aliphatic imine (C=N–C) groups is 1. The molecule has 2 heterocycles. The molecule has 0 spiro atoms. The Balaban J connectivity index is 0.00000240. The summed E-state index contributed by atoms with van der Waals surface area (Å²) in [6.45, 7) is 1.38. The van der Waals surface area contributed by atoms with Crippen molar-refractivity contribution in [3.8, 4) is 11.3 Å².